The summed E-state index contributed by atoms with van der Waals surface area (Å²) in [5.74, 6) is 0. The Hall–Kier alpha value is -1.81. The number of likely N-dealkylation sites (N-methyl/N-ethyl adjacent to an activating group) is 1. The lowest BCUT2D eigenvalue weighted by Crippen LogP contribution is -2.55. The van der Waals surface area contributed by atoms with E-state index in [0.29, 0.717) is 12.1 Å². The third-order valence-corrected chi connectivity index (χ3v) is 4.53. The van der Waals surface area contributed by atoms with Crippen molar-refractivity contribution < 1.29 is 0 Å². The number of nitrogens with two attached hydrogens (primary N) is 1. The number of hydrogen-bond acceptors (Lipinski definition) is 4. The molecular formula is C16H22N4. The molecule has 106 valence electrons. The van der Waals surface area contributed by atoms with Crippen molar-refractivity contribution in [2.75, 3.05) is 30.8 Å². The summed E-state index contributed by atoms with van der Waals surface area (Å²) in [7, 11) is 2.20. The molecule has 4 nitrogen and oxygen atoms in total. The predicted octanol–water partition coefficient (Wildman–Crippen LogP) is 2.35. The Bertz CT molecular complexity index is 613. The van der Waals surface area contributed by atoms with E-state index < -0.39 is 0 Å². The summed E-state index contributed by atoms with van der Waals surface area (Å²) in [6.07, 6.45) is 3.73. The molecule has 2 aromatic rings. The number of benzene rings is 1. The van der Waals surface area contributed by atoms with E-state index in [0.717, 1.165) is 29.5 Å². The molecule has 1 saturated heterocycles. The van der Waals surface area contributed by atoms with Gasteiger partial charge < -0.3 is 10.6 Å². The number of nitrogen functional groups attached to an aromatic ring is 1. The standard InChI is InChI=1S/C16H22N4/c1-11-9-20(10-12(2)19(11)3)16-5-4-15(17)13-6-7-18-8-14(13)16/h4-8,11-12H,9-10,17H2,1-3H3. The van der Waals surface area contributed by atoms with Crippen LogP contribution in [0.3, 0.4) is 0 Å². The molecule has 1 aromatic heterocycles. The Morgan fingerprint density at radius 2 is 1.80 bits per heavy atom. The van der Waals surface area contributed by atoms with Crippen LogP contribution in [0.25, 0.3) is 10.8 Å². The number of piperazine rings is 1. The van der Waals surface area contributed by atoms with Crippen LogP contribution in [0.15, 0.2) is 30.6 Å². The van der Waals surface area contributed by atoms with Gasteiger partial charge >= 0.3 is 0 Å². The van der Waals surface area contributed by atoms with E-state index in [1.54, 1.807) is 6.20 Å². The molecule has 0 radical (unpaired) electrons. The van der Waals surface area contributed by atoms with E-state index in [1.807, 2.05) is 18.3 Å². The third kappa shape index (κ3) is 2.10. The fraction of sp³-hybridized carbons (Fsp3) is 0.438. The minimum absolute atomic E-state index is 0.544. The molecule has 0 saturated carbocycles. The quantitative estimate of drug-likeness (QED) is 0.808. The van der Waals surface area contributed by atoms with Gasteiger partial charge in [-0.25, -0.2) is 0 Å². The first-order valence-corrected chi connectivity index (χ1v) is 7.17. The van der Waals surface area contributed by atoms with Gasteiger partial charge in [-0.1, -0.05) is 0 Å². The van der Waals surface area contributed by atoms with Crippen molar-refractivity contribution in [1.29, 1.82) is 0 Å². The van der Waals surface area contributed by atoms with Gasteiger partial charge in [0.2, 0.25) is 0 Å². The number of rotatable bonds is 1. The van der Waals surface area contributed by atoms with Gasteiger partial charge in [-0.2, -0.15) is 0 Å². The van der Waals surface area contributed by atoms with Crippen molar-refractivity contribution in [3.05, 3.63) is 30.6 Å². The Morgan fingerprint density at radius 1 is 1.10 bits per heavy atom. The van der Waals surface area contributed by atoms with E-state index in [2.05, 4.69) is 41.7 Å². The maximum Gasteiger partial charge on any atom is 0.0464 e. The van der Waals surface area contributed by atoms with Gasteiger partial charge in [0.1, 0.15) is 0 Å². The molecule has 2 N–H and O–H groups in total. The second-order valence-corrected chi connectivity index (χ2v) is 5.86. The Labute approximate surface area is 120 Å². The highest BCUT2D eigenvalue weighted by molar-refractivity contribution is 6.00. The monoisotopic (exact) mass is 270 g/mol. The maximum atomic E-state index is 6.08. The van der Waals surface area contributed by atoms with Crippen LogP contribution in [0.1, 0.15) is 13.8 Å². The molecule has 1 aromatic carbocycles. The number of pyridine rings is 1. The summed E-state index contributed by atoms with van der Waals surface area (Å²) in [5, 5.41) is 2.24. The first-order chi connectivity index (χ1) is 9.58. The second-order valence-electron chi connectivity index (χ2n) is 5.86. The van der Waals surface area contributed by atoms with Crippen molar-refractivity contribution in [2.45, 2.75) is 25.9 Å². The Morgan fingerprint density at radius 3 is 2.50 bits per heavy atom. The number of hydrogen-bond donors (Lipinski definition) is 1. The van der Waals surface area contributed by atoms with Gasteiger partial charge in [0, 0.05) is 59.7 Å². The first kappa shape index (κ1) is 13.2. The van der Waals surface area contributed by atoms with Crippen LogP contribution >= 0.6 is 0 Å². The zero-order valence-corrected chi connectivity index (χ0v) is 12.4. The average Bonchev–Trinajstić information content (AvgIpc) is 2.45. The molecule has 0 amide bonds. The van der Waals surface area contributed by atoms with Gasteiger partial charge in [0.15, 0.2) is 0 Å². The molecule has 2 unspecified atom stereocenters. The van der Waals surface area contributed by atoms with Crippen LogP contribution in [0.2, 0.25) is 0 Å². The molecular weight excluding hydrogens is 248 g/mol. The fourth-order valence-electron chi connectivity index (χ4n) is 3.08. The molecule has 1 fully saturated rings. The zero-order valence-electron chi connectivity index (χ0n) is 12.4. The van der Waals surface area contributed by atoms with Crippen LogP contribution in [-0.4, -0.2) is 42.1 Å². The molecule has 3 rings (SSSR count). The first-order valence-electron chi connectivity index (χ1n) is 7.17. The SMILES string of the molecule is CC1CN(c2ccc(N)c3ccncc23)CC(C)N1C. The smallest absolute Gasteiger partial charge is 0.0464 e. The van der Waals surface area contributed by atoms with Gasteiger partial charge in [-0.15, -0.1) is 0 Å². The van der Waals surface area contributed by atoms with Gasteiger partial charge in [-0.05, 0) is 39.1 Å². The average molecular weight is 270 g/mol. The topological polar surface area (TPSA) is 45.4 Å². The summed E-state index contributed by atoms with van der Waals surface area (Å²) in [6, 6.07) is 7.22. The Kier molecular flexibility index (Phi) is 3.26. The molecule has 0 bridgehead atoms. The van der Waals surface area contributed by atoms with Crippen LogP contribution in [0.5, 0.6) is 0 Å². The number of fused-ring (bicyclic) bond motifs is 1. The van der Waals surface area contributed by atoms with E-state index in [1.165, 1.54) is 5.69 Å². The summed E-state index contributed by atoms with van der Waals surface area (Å²) in [5.41, 5.74) is 8.14. The largest absolute Gasteiger partial charge is 0.398 e. The number of aromatic nitrogens is 1. The lowest BCUT2D eigenvalue weighted by Gasteiger charge is -2.43. The molecule has 0 spiro atoms. The van der Waals surface area contributed by atoms with Crippen LogP contribution in [0.4, 0.5) is 11.4 Å². The number of anilines is 2. The van der Waals surface area contributed by atoms with Crippen LogP contribution < -0.4 is 10.6 Å². The second kappa shape index (κ2) is 4.94. The minimum atomic E-state index is 0.544. The summed E-state index contributed by atoms with van der Waals surface area (Å²) < 4.78 is 0. The summed E-state index contributed by atoms with van der Waals surface area (Å²) in [4.78, 5) is 9.17. The van der Waals surface area contributed by atoms with E-state index in [9.17, 15) is 0 Å². The van der Waals surface area contributed by atoms with Crippen LogP contribution in [-0.2, 0) is 0 Å². The molecule has 20 heavy (non-hydrogen) atoms. The van der Waals surface area contributed by atoms with Crippen molar-refractivity contribution in [3.8, 4) is 0 Å². The lowest BCUT2D eigenvalue weighted by atomic mass is 10.0. The summed E-state index contributed by atoms with van der Waals surface area (Å²) >= 11 is 0. The van der Waals surface area contributed by atoms with Gasteiger partial charge in [0.05, 0.1) is 0 Å². The van der Waals surface area contributed by atoms with E-state index in [-0.39, 0.29) is 0 Å². The normalized spacial score (nSPS) is 24.2. The third-order valence-electron chi connectivity index (χ3n) is 4.53. The maximum absolute atomic E-state index is 6.08. The predicted molar refractivity (Wildman–Crippen MR) is 85.1 cm³/mol. The molecule has 2 heterocycles. The van der Waals surface area contributed by atoms with Gasteiger partial charge in [-0.3, -0.25) is 9.88 Å². The molecule has 4 heteroatoms. The zero-order chi connectivity index (χ0) is 14.3. The number of nitrogens with zero attached hydrogens (tertiary/aromatic N) is 3. The van der Waals surface area contributed by atoms with Crippen molar-refractivity contribution in [3.63, 3.8) is 0 Å². The van der Waals surface area contributed by atoms with Crippen molar-refractivity contribution in [1.82, 2.24) is 9.88 Å². The van der Waals surface area contributed by atoms with Gasteiger partial charge in [0.25, 0.3) is 0 Å². The van der Waals surface area contributed by atoms with E-state index in [4.69, 9.17) is 5.73 Å². The molecule has 1 aliphatic heterocycles. The van der Waals surface area contributed by atoms with E-state index >= 15 is 0 Å². The van der Waals surface area contributed by atoms with Crippen molar-refractivity contribution in [2.24, 2.45) is 0 Å². The highest BCUT2D eigenvalue weighted by Gasteiger charge is 2.27. The van der Waals surface area contributed by atoms with Crippen LogP contribution in [0, 0.1) is 0 Å². The van der Waals surface area contributed by atoms with Crippen molar-refractivity contribution >= 4 is 22.1 Å². The fourth-order valence-corrected chi connectivity index (χ4v) is 3.08. The minimum Gasteiger partial charge on any atom is -0.398 e. The summed E-state index contributed by atoms with van der Waals surface area (Å²) in [6.45, 7) is 6.63. The lowest BCUT2D eigenvalue weighted by molar-refractivity contribution is 0.170. The molecule has 1 aliphatic rings. The molecule has 0 aliphatic carbocycles. The highest BCUT2D eigenvalue weighted by atomic mass is 15.3. The molecule has 2 atom stereocenters. The Balaban J connectivity index is 2.05. The highest BCUT2D eigenvalue weighted by Crippen LogP contribution is 2.32.